The standard InChI is InChI=1S/C19H15Cl2N3O3/c1-27-17-11-16(24-8-4-5-9-24)15(21)10-13(17)19(26)23-22-18(25)12-6-2-3-7-14(12)20/h2-11H,1H3,(H,22,25)(H,23,26). The Kier molecular flexibility index (Phi) is 5.69. The van der Waals surface area contributed by atoms with Crippen molar-refractivity contribution in [1.29, 1.82) is 0 Å². The first-order chi connectivity index (χ1) is 13.0. The second-order valence-corrected chi connectivity index (χ2v) is 6.30. The number of carbonyl (C=O) groups excluding carboxylic acids is 2. The maximum atomic E-state index is 12.5. The molecule has 0 saturated carbocycles. The maximum Gasteiger partial charge on any atom is 0.273 e. The van der Waals surface area contributed by atoms with Crippen molar-refractivity contribution in [1.82, 2.24) is 15.4 Å². The fourth-order valence-electron chi connectivity index (χ4n) is 2.48. The van der Waals surface area contributed by atoms with Crippen LogP contribution >= 0.6 is 23.2 Å². The Bertz CT molecular complexity index is 988. The summed E-state index contributed by atoms with van der Waals surface area (Å²) in [6.45, 7) is 0. The number of rotatable bonds is 4. The van der Waals surface area contributed by atoms with Crippen molar-refractivity contribution in [3.63, 3.8) is 0 Å². The maximum absolute atomic E-state index is 12.5. The topological polar surface area (TPSA) is 72.4 Å². The summed E-state index contributed by atoms with van der Waals surface area (Å²) in [6.07, 6.45) is 3.65. The second-order valence-electron chi connectivity index (χ2n) is 5.48. The van der Waals surface area contributed by atoms with E-state index >= 15 is 0 Å². The van der Waals surface area contributed by atoms with Crippen molar-refractivity contribution in [2.45, 2.75) is 0 Å². The normalized spacial score (nSPS) is 10.3. The molecule has 6 nitrogen and oxygen atoms in total. The molecule has 0 bridgehead atoms. The van der Waals surface area contributed by atoms with Crippen LogP contribution < -0.4 is 15.6 Å². The molecule has 2 aromatic carbocycles. The van der Waals surface area contributed by atoms with Crippen LogP contribution in [0.4, 0.5) is 0 Å². The summed E-state index contributed by atoms with van der Waals surface area (Å²) in [4.78, 5) is 24.7. The number of methoxy groups -OCH3 is 1. The van der Waals surface area contributed by atoms with Crippen LogP contribution in [0, 0.1) is 0 Å². The van der Waals surface area contributed by atoms with Crippen molar-refractivity contribution in [2.24, 2.45) is 0 Å². The highest BCUT2D eigenvalue weighted by molar-refractivity contribution is 6.34. The van der Waals surface area contributed by atoms with Gasteiger partial charge >= 0.3 is 0 Å². The molecule has 3 rings (SSSR count). The first kappa shape index (κ1) is 18.8. The number of ether oxygens (including phenoxy) is 1. The van der Waals surface area contributed by atoms with Gasteiger partial charge in [0.2, 0.25) is 0 Å². The van der Waals surface area contributed by atoms with Crippen LogP contribution in [-0.4, -0.2) is 23.5 Å². The van der Waals surface area contributed by atoms with Crippen LogP contribution in [0.25, 0.3) is 5.69 Å². The summed E-state index contributed by atoms with van der Waals surface area (Å²) >= 11 is 12.3. The molecule has 27 heavy (non-hydrogen) atoms. The van der Waals surface area contributed by atoms with Gasteiger partial charge in [0.15, 0.2) is 0 Å². The molecule has 0 unspecified atom stereocenters. The largest absolute Gasteiger partial charge is 0.496 e. The Hall–Kier alpha value is -2.96. The molecule has 0 spiro atoms. The Labute approximate surface area is 165 Å². The summed E-state index contributed by atoms with van der Waals surface area (Å²) in [6, 6.07) is 13.3. The molecule has 1 heterocycles. The molecule has 0 saturated heterocycles. The fraction of sp³-hybridized carbons (Fsp3) is 0.0526. The molecule has 8 heteroatoms. The van der Waals surface area contributed by atoms with Gasteiger partial charge in [-0.2, -0.15) is 0 Å². The van der Waals surface area contributed by atoms with Crippen LogP contribution in [0.15, 0.2) is 60.9 Å². The minimum atomic E-state index is -0.576. The Balaban J connectivity index is 1.79. The molecule has 1 aromatic heterocycles. The molecular weight excluding hydrogens is 389 g/mol. The lowest BCUT2D eigenvalue weighted by Crippen LogP contribution is -2.41. The van der Waals surface area contributed by atoms with E-state index in [0.29, 0.717) is 16.5 Å². The molecule has 2 N–H and O–H groups in total. The summed E-state index contributed by atoms with van der Waals surface area (Å²) in [5.41, 5.74) is 5.75. The molecular formula is C19H15Cl2N3O3. The SMILES string of the molecule is COc1cc(-n2cccc2)c(Cl)cc1C(=O)NNC(=O)c1ccccc1Cl. The summed E-state index contributed by atoms with van der Waals surface area (Å²) in [7, 11) is 1.45. The number of nitrogens with one attached hydrogen (secondary N) is 2. The van der Waals surface area contributed by atoms with Crippen LogP contribution in [0.1, 0.15) is 20.7 Å². The van der Waals surface area contributed by atoms with Crippen LogP contribution in [0.2, 0.25) is 10.0 Å². The number of aromatic nitrogens is 1. The number of hydrogen-bond acceptors (Lipinski definition) is 3. The molecule has 0 aliphatic rings. The number of hydrazine groups is 1. The van der Waals surface area contributed by atoms with Crippen LogP contribution in [0.5, 0.6) is 5.75 Å². The number of nitrogens with zero attached hydrogens (tertiary/aromatic N) is 1. The predicted molar refractivity (Wildman–Crippen MR) is 104 cm³/mol. The van der Waals surface area contributed by atoms with Gasteiger partial charge in [-0.05, 0) is 30.3 Å². The zero-order chi connectivity index (χ0) is 19.4. The van der Waals surface area contributed by atoms with Crippen molar-refractivity contribution in [2.75, 3.05) is 7.11 Å². The van der Waals surface area contributed by atoms with E-state index in [1.807, 2.05) is 24.5 Å². The number of hydrogen-bond donors (Lipinski definition) is 2. The Morgan fingerprint density at radius 3 is 2.15 bits per heavy atom. The first-order valence-electron chi connectivity index (χ1n) is 7.87. The second kappa shape index (κ2) is 8.16. The highest BCUT2D eigenvalue weighted by atomic mass is 35.5. The van der Waals surface area contributed by atoms with E-state index in [1.54, 1.807) is 34.9 Å². The monoisotopic (exact) mass is 403 g/mol. The molecule has 3 aromatic rings. The van der Waals surface area contributed by atoms with Gasteiger partial charge in [0.25, 0.3) is 11.8 Å². The lowest BCUT2D eigenvalue weighted by atomic mass is 10.1. The van der Waals surface area contributed by atoms with Gasteiger partial charge in [-0.15, -0.1) is 0 Å². The van der Waals surface area contributed by atoms with Crippen molar-refractivity contribution >= 4 is 35.0 Å². The lowest BCUT2D eigenvalue weighted by molar-refractivity contribution is 0.0845. The number of benzene rings is 2. The highest BCUT2D eigenvalue weighted by Gasteiger charge is 2.18. The minimum Gasteiger partial charge on any atom is -0.496 e. The highest BCUT2D eigenvalue weighted by Crippen LogP contribution is 2.29. The van der Waals surface area contributed by atoms with E-state index in [4.69, 9.17) is 27.9 Å². The quantitative estimate of drug-likeness (QED) is 0.649. The van der Waals surface area contributed by atoms with Crippen LogP contribution in [0.3, 0.4) is 0 Å². The van der Waals surface area contributed by atoms with Gasteiger partial charge in [0.05, 0.1) is 34.0 Å². The molecule has 0 aliphatic heterocycles. The first-order valence-corrected chi connectivity index (χ1v) is 8.63. The van der Waals surface area contributed by atoms with Gasteiger partial charge in [-0.25, -0.2) is 0 Å². The molecule has 2 amide bonds. The lowest BCUT2D eigenvalue weighted by Gasteiger charge is -2.14. The van der Waals surface area contributed by atoms with E-state index in [1.165, 1.54) is 13.2 Å². The van der Waals surface area contributed by atoms with E-state index in [9.17, 15) is 9.59 Å². The Morgan fingerprint density at radius 1 is 0.889 bits per heavy atom. The molecule has 138 valence electrons. The molecule has 0 aliphatic carbocycles. The van der Waals surface area contributed by atoms with Crippen molar-refractivity contribution in [3.05, 3.63) is 82.1 Å². The summed E-state index contributed by atoms with van der Waals surface area (Å²) < 4.78 is 7.10. The average molecular weight is 404 g/mol. The summed E-state index contributed by atoms with van der Waals surface area (Å²) in [5.74, 6) is -0.802. The van der Waals surface area contributed by atoms with Gasteiger partial charge in [0, 0.05) is 18.5 Å². The minimum absolute atomic E-state index is 0.179. The van der Waals surface area contributed by atoms with E-state index in [2.05, 4.69) is 10.9 Å². The van der Waals surface area contributed by atoms with Gasteiger partial charge in [0.1, 0.15) is 5.75 Å². The summed E-state index contributed by atoms with van der Waals surface area (Å²) in [5, 5.41) is 0.635. The van der Waals surface area contributed by atoms with Crippen LogP contribution in [-0.2, 0) is 0 Å². The molecule has 0 fully saturated rings. The van der Waals surface area contributed by atoms with Gasteiger partial charge < -0.3 is 9.30 Å². The number of amides is 2. The number of carbonyl (C=O) groups is 2. The van der Waals surface area contributed by atoms with Gasteiger partial charge in [-0.1, -0.05) is 35.3 Å². The van der Waals surface area contributed by atoms with E-state index < -0.39 is 11.8 Å². The number of halogens is 2. The third-order valence-electron chi connectivity index (χ3n) is 3.80. The third kappa shape index (κ3) is 4.07. The molecule has 0 atom stereocenters. The van der Waals surface area contributed by atoms with Crippen molar-refractivity contribution < 1.29 is 14.3 Å². The Morgan fingerprint density at radius 2 is 1.52 bits per heavy atom. The smallest absolute Gasteiger partial charge is 0.273 e. The molecule has 0 radical (unpaired) electrons. The average Bonchev–Trinajstić information content (AvgIpc) is 3.20. The van der Waals surface area contributed by atoms with E-state index in [-0.39, 0.29) is 16.1 Å². The zero-order valence-corrected chi connectivity index (χ0v) is 15.7. The fourth-order valence-corrected chi connectivity index (χ4v) is 2.96. The third-order valence-corrected chi connectivity index (χ3v) is 4.44. The predicted octanol–water partition coefficient (Wildman–Crippen LogP) is 3.87. The van der Waals surface area contributed by atoms with Crippen molar-refractivity contribution in [3.8, 4) is 11.4 Å². The van der Waals surface area contributed by atoms with Gasteiger partial charge in [-0.3, -0.25) is 20.4 Å². The zero-order valence-electron chi connectivity index (χ0n) is 14.2. The van der Waals surface area contributed by atoms with E-state index in [0.717, 1.165) is 0 Å².